The van der Waals surface area contributed by atoms with Crippen molar-refractivity contribution in [2.75, 3.05) is 13.2 Å². The van der Waals surface area contributed by atoms with Gasteiger partial charge in [0.15, 0.2) is 6.10 Å². The predicted molar refractivity (Wildman–Crippen MR) is 334 cm³/mol. The second-order valence-electron chi connectivity index (χ2n) is 22.9. The van der Waals surface area contributed by atoms with Gasteiger partial charge in [0.05, 0.1) is 6.61 Å². The SMILES string of the molecule is CCCCCCC/C=C\C/C=C\C/C=C\CCCCCCCCCCCCCCCCCCCCC(=O)OC(CO)COC(=O)CCCCCCCCCCCCCCCCCCC/C=C\C/C=C\CCCCCCC. The van der Waals surface area contributed by atoms with E-state index in [0.717, 1.165) is 57.8 Å². The molecule has 0 aliphatic heterocycles. The molecule has 5 heteroatoms. The molecule has 1 N–H and O–H groups in total. The first-order valence-corrected chi connectivity index (χ1v) is 33.8. The second-order valence-corrected chi connectivity index (χ2v) is 22.9. The highest BCUT2D eigenvalue weighted by molar-refractivity contribution is 5.70. The van der Waals surface area contributed by atoms with Crippen molar-refractivity contribution in [2.24, 2.45) is 0 Å². The molecule has 0 aliphatic carbocycles. The number of hydrogen-bond donors (Lipinski definition) is 1. The number of carbonyl (C=O) groups is 2. The molecule has 0 aromatic heterocycles. The Hall–Kier alpha value is -2.40. The van der Waals surface area contributed by atoms with Crippen molar-refractivity contribution in [2.45, 2.75) is 367 Å². The van der Waals surface area contributed by atoms with Crippen LogP contribution in [0.3, 0.4) is 0 Å². The summed E-state index contributed by atoms with van der Waals surface area (Å²) in [5.41, 5.74) is 0. The maximum absolute atomic E-state index is 12.4. The molecule has 0 spiro atoms. The number of esters is 2. The minimum Gasteiger partial charge on any atom is -0.462 e. The van der Waals surface area contributed by atoms with Gasteiger partial charge in [-0.3, -0.25) is 9.59 Å². The summed E-state index contributed by atoms with van der Waals surface area (Å²) in [7, 11) is 0. The van der Waals surface area contributed by atoms with Crippen LogP contribution in [0, 0.1) is 0 Å². The maximum atomic E-state index is 12.4. The Kier molecular flexibility index (Phi) is 64.8. The number of carbonyl (C=O) groups excluding carboxylic acids is 2. The monoisotopic (exact) mass is 1060 g/mol. The lowest BCUT2D eigenvalue weighted by Gasteiger charge is -2.15. The average Bonchev–Trinajstić information content (AvgIpc) is 3.42. The third-order valence-electron chi connectivity index (χ3n) is 15.3. The van der Waals surface area contributed by atoms with Gasteiger partial charge in [-0.05, 0) is 83.5 Å². The maximum Gasteiger partial charge on any atom is 0.306 e. The summed E-state index contributed by atoms with van der Waals surface area (Å²) in [6.07, 6.45) is 91.0. The first-order valence-electron chi connectivity index (χ1n) is 33.8. The van der Waals surface area contributed by atoms with Gasteiger partial charge in [-0.15, -0.1) is 0 Å². The van der Waals surface area contributed by atoms with E-state index in [4.69, 9.17) is 9.47 Å². The summed E-state index contributed by atoms with van der Waals surface area (Å²) >= 11 is 0. The lowest BCUT2D eigenvalue weighted by Crippen LogP contribution is -2.28. The zero-order chi connectivity index (χ0) is 54.8. The summed E-state index contributed by atoms with van der Waals surface area (Å²) in [5.74, 6) is -0.572. The van der Waals surface area contributed by atoms with Crippen LogP contribution in [-0.2, 0) is 19.1 Å². The zero-order valence-corrected chi connectivity index (χ0v) is 51.0. The average molecular weight is 1060 g/mol. The summed E-state index contributed by atoms with van der Waals surface area (Å²) in [6.45, 7) is 4.17. The molecule has 76 heavy (non-hydrogen) atoms. The lowest BCUT2D eigenvalue weighted by molar-refractivity contribution is -0.161. The Morgan fingerprint density at radius 2 is 0.526 bits per heavy atom. The molecule has 0 heterocycles. The summed E-state index contributed by atoms with van der Waals surface area (Å²) in [5, 5.41) is 9.70. The molecule has 0 rings (SSSR count). The van der Waals surface area contributed by atoms with Gasteiger partial charge in [-0.1, -0.05) is 325 Å². The van der Waals surface area contributed by atoms with E-state index < -0.39 is 6.10 Å². The van der Waals surface area contributed by atoms with E-state index in [1.165, 1.54) is 276 Å². The van der Waals surface area contributed by atoms with Crippen molar-refractivity contribution in [3.63, 3.8) is 0 Å². The van der Waals surface area contributed by atoms with Gasteiger partial charge in [-0.2, -0.15) is 0 Å². The van der Waals surface area contributed by atoms with Crippen molar-refractivity contribution in [3.05, 3.63) is 60.8 Å². The standard InChI is InChI=1S/C71H130O5/c1-3-5-7-9-11-13-15-17-19-21-23-25-27-29-31-33-34-35-36-38-40-42-44-46-48-50-52-54-56-58-60-62-64-66-71(74)76-69(67-72)68-75-70(73)65-63-61-59-57-55-53-51-49-47-45-43-41-39-37-32-30-28-26-24-22-20-18-16-14-12-10-8-6-4-2/h15-18,21-24,27,29,69,72H,3-14,19-20,25-26,28,30-68H2,1-2H3/b17-15-,18-16-,23-21-,24-22-,29-27-. The van der Waals surface area contributed by atoms with Gasteiger partial charge >= 0.3 is 11.9 Å². The van der Waals surface area contributed by atoms with Crippen molar-refractivity contribution in [3.8, 4) is 0 Å². The van der Waals surface area contributed by atoms with Crippen LogP contribution in [-0.4, -0.2) is 36.4 Å². The van der Waals surface area contributed by atoms with Crippen LogP contribution < -0.4 is 0 Å². The normalized spacial score (nSPS) is 12.5. The van der Waals surface area contributed by atoms with Gasteiger partial charge in [0.1, 0.15) is 6.61 Å². The van der Waals surface area contributed by atoms with Crippen molar-refractivity contribution in [1.82, 2.24) is 0 Å². The van der Waals surface area contributed by atoms with Crippen LogP contribution in [0.15, 0.2) is 60.8 Å². The van der Waals surface area contributed by atoms with Crippen molar-refractivity contribution in [1.29, 1.82) is 0 Å². The van der Waals surface area contributed by atoms with E-state index in [1.54, 1.807) is 0 Å². The molecule has 5 nitrogen and oxygen atoms in total. The van der Waals surface area contributed by atoms with Crippen molar-refractivity contribution < 1.29 is 24.2 Å². The van der Waals surface area contributed by atoms with Crippen LogP contribution in [0.5, 0.6) is 0 Å². The number of aliphatic hydroxyl groups excluding tert-OH is 1. The highest BCUT2D eigenvalue weighted by Gasteiger charge is 2.16. The molecule has 0 aromatic carbocycles. The van der Waals surface area contributed by atoms with Gasteiger partial charge < -0.3 is 14.6 Å². The van der Waals surface area contributed by atoms with E-state index in [-0.39, 0.29) is 25.2 Å². The number of ether oxygens (including phenoxy) is 2. The Morgan fingerprint density at radius 3 is 0.789 bits per heavy atom. The third-order valence-corrected chi connectivity index (χ3v) is 15.3. The molecule has 0 saturated carbocycles. The molecular formula is C71H130O5. The number of hydrogen-bond acceptors (Lipinski definition) is 5. The van der Waals surface area contributed by atoms with E-state index in [1.807, 2.05) is 0 Å². The quantitative estimate of drug-likeness (QED) is 0.0373. The zero-order valence-electron chi connectivity index (χ0n) is 51.0. The molecule has 1 unspecified atom stereocenters. The molecule has 0 aliphatic rings. The summed E-state index contributed by atoms with van der Waals surface area (Å²) < 4.78 is 10.8. The van der Waals surface area contributed by atoms with Gasteiger partial charge in [0.25, 0.3) is 0 Å². The molecular weight excluding hydrogens is 933 g/mol. The molecule has 0 fully saturated rings. The van der Waals surface area contributed by atoms with E-state index in [0.29, 0.717) is 12.8 Å². The number of rotatable bonds is 63. The Balaban J connectivity index is 3.42. The highest BCUT2D eigenvalue weighted by Crippen LogP contribution is 2.18. The minimum atomic E-state index is -0.773. The molecule has 444 valence electrons. The fraction of sp³-hybridized carbons (Fsp3) is 0.831. The topological polar surface area (TPSA) is 72.8 Å². The van der Waals surface area contributed by atoms with Crippen LogP contribution in [0.1, 0.15) is 361 Å². The summed E-state index contributed by atoms with van der Waals surface area (Å²) in [4.78, 5) is 24.6. The smallest absolute Gasteiger partial charge is 0.306 e. The number of unbranched alkanes of at least 4 members (excludes halogenated alkanes) is 45. The second kappa shape index (κ2) is 66.9. The van der Waals surface area contributed by atoms with Crippen LogP contribution >= 0.6 is 0 Å². The Labute approximate surface area is 474 Å². The Morgan fingerprint density at radius 1 is 0.303 bits per heavy atom. The largest absolute Gasteiger partial charge is 0.462 e. The van der Waals surface area contributed by atoms with E-state index >= 15 is 0 Å². The highest BCUT2D eigenvalue weighted by atomic mass is 16.6. The number of aliphatic hydroxyl groups is 1. The fourth-order valence-corrected chi connectivity index (χ4v) is 10.2. The van der Waals surface area contributed by atoms with Crippen LogP contribution in [0.4, 0.5) is 0 Å². The molecule has 0 bridgehead atoms. The molecule has 0 radical (unpaired) electrons. The van der Waals surface area contributed by atoms with Gasteiger partial charge in [0.2, 0.25) is 0 Å². The first-order chi connectivity index (χ1) is 37.6. The van der Waals surface area contributed by atoms with Gasteiger partial charge in [0, 0.05) is 12.8 Å². The summed E-state index contributed by atoms with van der Waals surface area (Å²) in [6, 6.07) is 0. The molecule has 0 amide bonds. The fourth-order valence-electron chi connectivity index (χ4n) is 10.2. The number of allylic oxidation sites excluding steroid dienone is 10. The van der Waals surface area contributed by atoms with Crippen LogP contribution in [0.25, 0.3) is 0 Å². The predicted octanol–water partition coefficient (Wildman–Crippen LogP) is 23.3. The lowest BCUT2D eigenvalue weighted by atomic mass is 10.0. The van der Waals surface area contributed by atoms with Crippen molar-refractivity contribution >= 4 is 11.9 Å². The first kappa shape index (κ1) is 73.6. The third kappa shape index (κ3) is 64.1. The minimum absolute atomic E-state index is 0.0623. The van der Waals surface area contributed by atoms with E-state index in [2.05, 4.69) is 74.6 Å². The molecule has 0 aromatic rings. The van der Waals surface area contributed by atoms with Crippen LogP contribution in [0.2, 0.25) is 0 Å². The molecule has 1 atom stereocenters. The molecule has 0 saturated heterocycles. The van der Waals surface area contributed by atoms with Gasteiger partial charge in [-0.25, -0.2) is 0 Å². The van der Waals surface area contributed by atoms with E-state index in [9.17, 15) is 14.7 Å². The Bertz CT molecular complexity index is 1300.